The van der Waals surface area contributed by atoms with Crippen molar-refractivity contribution in [2.24, 2.45) is 0 Å². The molecule has 0 unspecified atom stereocenters. The molecule has 0 amide bonds. The molecule has 1 aromatic heterocycles. The van der Waals surface area contributed by atoms with Crippen molar-refractivity contribution in [2.75, 3.05) is 13.6 Å². The van der Waals surface area contributed by atoms with Gasteiger partial charge < -0.3 is 5.32 Å². The molecule has 0 aliphatic heterocycles. The Balaban J connectivity index is 0. The predicted molar refractivity (Wildman–Crippen MR) is 56.4 cm³/mol. The van der Waals surface area contributed by atoms with Crippen LogP contribution in [0.15, 0.2) is 24.5 Å². The Morgan fingerprint density at radius 1 is 1.25 bits per heavy atom. The second kappa shape index (κ2) is 8.78. The van der Waals surface area contributed by atoms with Crippen LogP contribution in [0.1, 0.15) is 5.56 Å². The normalized spacial score (nSPS) is 8.08. The molecule has 1 heterocycles. The Morgan fingerprint density at radius 3 is 2.33 bits per heavy atom. The first kappa shape index (κ1) is 14.2. The Morgan fingerprint density at radius 2 is 1.83 bits per heavy atom. The smallest absolute Gasteiger partial charge is 0.0270 e. The highest BCUT2D eigenvalue weighted by Crippen LogP contribution is 1.95. The number of pyridine rings is 1. The van der Waals surface area contributed by atoms with E-state index in [4.69, 9.17) is 0 Å². The highest BCUT2D eigenvalue weighted by molar-refractivity contribution is 5.85. The Labute approximate surface area is 85.6 Å². The third-order valence-corrected chi connectivity index (χ3v) is 1.41. The van der Waals surface area contributed by atoms with E-state index in [-0.39, 0.29) is 24.8 Å². The molecular formula is C8H14Cl2N2. The van der Waals surface area contributed by atoms with Crippen molar-refractivity contribution < 1.29 is 0 Å². The lowest BCUT2D eigenvalue weighted by Gasteiger charge is -1.97. The number of aromatic nitrogens is 1. The van der Waals surface area contributed by atoms with Gasteiger partial charge in [-0.15, -0.1) is 24.8 Å². The summed E-state index contributed by atoms with van der Waals surface area (Å²) in [5, 5.41) is 3.10. The van der Waals surface area contributed by atoms with Gasteiger partial charge in [-0.05, 0) is 37.7 Å². The molecule has 4 heteroatoms. The summed E-state index contributed by atoms with van der Waals surface area (Å²) < 4.78 is 0. The number of nitrogens with one attached hydrogen (secondary N) is 1. The molecule has 0 bridgehead atoms. The van der Waals surface area contributed by atoms with Crippen molar-refractivity contribution in [3.63, 3.8) is 0 Å². The minimum absolute atomic E-state index is 0. The zero-order valence-corrected chi connectivity index (χ0v) is 8.62. The van der Waals surface area contributed by atoms with Gasteiger partial charge >= 0.3 is 0 Å². The maximum Gasteiger partial charge on any atom is 0.0270 e. The van der Waals surface area contributed by atoms with Gasteiger partial charge in [0.2, 0.25) is 0 Å². The molecule has 0 atom stereocenters. The van der Waals surface area contributed by atoms with E-state index in [0.29, 0.717) is 0 Å². The van der Waals surface area contributed by atoms with E-state index in [0.717, 1.165) is 13.0 Å². The standard InChI is InChI=1S/C8H12N2.2ClH/c1-9-5-2-8-3-6-10-7-4-8;;/h3-4,6-7,9H,2,5H2,1H3;2*1H. The Bertz CT molecular complexity index is 180. The fourth-order valence-corrected chi connectivity index (χ4v) is 0.819. The summed E-state index contributed by atoms with van der Waals surface area (Å²) in [4.78, 5) is 3.93. The van der Waals surface area contributed by atoms with Crippen molar-refractivity contribution in [1.82, 2.24) is 10.3 Å². The number of likely N-dealkylation sites (N-methyl/N-ethyl adjacent to an activating group) is 1. The number of rotatable bonds is 3. The van der Waals surface area contributed by atoms with Gasteiger partial charge in [0.05, 0.1) is 0 Å². The van der Waals surface area contributed by atoms with Gasteiger partial charge in [-0.2, -0.15) is 0 Å². The zero-order chi connectivity index (χ0) is 7.23. The average molecular weight is 209 g/mol. The van der Waals surface area contributed by atoms with Crippen molar-refractivity contribution in [3.8, 4) is 0 Å². The second-order valence-electron chi connectivity index (χ2n) is 2.21. The van der Waals surface area contributed by atoms with Gasteiger partial charge in [0.1, 0.15) is 0 Å². The number of hydrogen-bond acceptors (Lipinski definition) is 2. The monoisotopic (exact) mass is 208 g/mol. The van der Waals surface area contributed by atoms with Gasteiger partial charge in [0.15, 0.2) is 0 Å². The molecule has 0 aromatic carbocycles. The van der Waals surface area contributed by atoms with Crippen LogP contribution in [0.25, 0.3) is 0 Å². The molecule has 2 nitrogen and oxygen atoms in total. The first-order valence-corrected chi connectivity index (χ1v) is 3.47. The summed E-state index contributed by atoms with van der Waals surface area (Å²) >= 11 is 0. The zero-order valence-electron chi connectivity index (χ0n) is 6.99. The molecule has 1 rings (SSSR count). The summed E-state index contributed by atoms with van der Waals surface area (Å²) in [6.45, 7) is 1.03. The molecule has 0 fully saturated rings. The predicted octanol–water partition coefficient (Wildman–Crippen LogP) is 1.69. The third-order valence-electron chi connectivity index (χ3n) is 1.41. The average Bonchev–Trinajstić information content (AvgIpc) is 2.03. The van der Waals surface area contributed by atoms with Gasteiger partial charge in [-0.25, -0.2) is 0 Å². The maximum absolute atomic E-state index is 3.93. The minimum Gasteiger partial charge on any atom is -0.319 e. The topological polar surface area (TPSA) is 24.9 Å². The maximum atomic E-state index is 3.93. The van der Waals surface area contributed by atoms with Crippen LogP contribution in [0, 0.1) is 0 Å². The van der Waals surface area contributed by atoms with E-state index < -0.39 is 0 Å². The molecule has 12 heavy (non-hydrogen) atoms. The molecule has 0 spiro atoms. The van der Waals surface area contributed by atoms with E-state index in [1.807, 2.05) is 31.6 Å². The SMILES string of the molecule is CNCCc1ccncc1.Cl.Cl. The van der Waals surface area contributed by atoms with Crippen LogP contribution < -0.4 is 5.32 Å². The lowest BCUT2D eigenvalue weighted by molar-refractivity contribution is 0.791. The molecule has 0 radical (unpaired) electrons. The van der Waals surface area contributed by atoms with E-state index in [1.54, 1.807) is 0 Å². The summed E-state index contributed by atoms with van der Waals surface area (Å²) in [7, 11) is 1.96. The van der Waals surface area contributed by atoms with Crippen molar-refractivity contribution in [3.05, 3.63) is 30.1 Å². The highest BCUT2D eigenvalue weighted by Gasteiger charge is 1.87. The fraction of sp³-hybridized carbons (Fsp3) is 0.375. The van der Waals surface area contributed by atoms with Crippen LogP contribution in [-0.2, 0) is 6.42 Å². The molecule has 0 aliphatic rings. The first-order chi connectivity index (χ1) is 4.93. The fourth-order valence-electron chi connectivity index (χ4n) is 0.819. The van der Waals surface area contributed by atoms with Gasteiger partial charge in [-0.1, -0.05) is 0 Å². The van der Waals surface area contributed by atoms with Crippen LogP contribution in [0.2, 0.25) is 0 Å². The van der Waals surface area contributed by atoms with Crippen molar-refractivity contribution >= 4 is 24.8 Å². The van der Waals surface area contributed by atoms with Gasteiger partial charge in [0, 0.05) is 12.4 Å². The highest BCUT2D eigenvalue weighted by atomic mass is 35.5. The van der Waals surface area contributed by atoms with Crippen LogP contribution in [-0.4, -0.2) is 18.6 Å². The number of nitrogens with zero attached hydrogens (tertiary/aromatic N) is 1. The third kappa shape index (κ3) is 5.35. The van der Waals surface area contributed by atoms with Gasteiger partial charge in [-0.3, -0.25) is 4.98 Å². The quantitative estimate of drug-likeness (QED) is 0.819. The number of hydrogen-bond donors (Lipinski definition) is 1. The first-order valence-electron chi connectivity index (χ1n) is 3.47. The summed E-state index contributed by atoms with van der Waals surface area (Å²) in [6, 6.07) is 4.08. The summed E-state index contributed by atoms with van der Waals surface area (Å²) in [5.41, 5.74) is 1.34. The molecule has 70 valence electrons. The van der Waals surface area contributed by atoms with Crippen molar-refractivity contribution in [2.45, 2.75) is 6.42 Å². The van der Waals surface area contributed by atoms with Crippen LogP contribution in [0.4, 0.5) is 0 Å². The summed E-state index contributed by atoms with van der Waals surface area (Å²) in [6.07, 6.45) is 4.73. The van der Waals surface area contributed by atoms with Crippen LogP contribution in [0.5, 0.6) is 0 Å². The minimum atomic E-state index is 0. The molecule has 1 N–H and O–H groups in total. The molecular weight excluding hydrogens is 195 g/mol. The van der Waals surface area contributed by atoms with E-state index in [9.17, 15) is 0 Å². The lowest BCUT2D eigenvalue weighted by atomic mass is 10.2. The van der Waals surface area contributed by atoms with E-state index in [2.05, 4.69) is 10.3 Å². The molecule has 0 saturated carbocycles. The van der Waals surface area contributed by atoms with Gasteiger partial charge in [0.25, 0.3) is 0 Å². The van der Waals surface area contributed by atoms with Crippen molar-refractivity contribution in [1.29, 1.82) is 0 Å². The Hall–Kier alpha value is -0.310. The Kier molecular flexibility index (Phi) is 10.4. The number of halogens is 2. The largest absolute Gasteiger partial charge is 0.319 e. The molecule has 1 aromatic rings. The van der Waals surface area contributed by atoms with Crippen LogP contribution in [0.3, 0.4) is 0 Å². The summed E-state index contributed by atoms with van der Waals surface area (Å²) in [5.74, 6) is 0. The van der Waals surface area contributed by atoms with Crippen LogP contribution >= 0.6 is 24.8 Å². The van der Waals surface area contributed by atoms with E-state index in [1.165, 1.54) is 5.56 Å². The lowest BCUT2D eigenvalue weighted by Crippen LogP contribution is -2.10. The second-order valence-corrected chi connectivity index (χ2v) is 2.21. The molecule has 0 saturated heterocycles. The molecule has 0 aliphatic carbocycles. The van der Waals surface area contributed by atoms with E-state index >= 15 is 0 Å².